The summed E-state index contributed by atoms with van der Waals surface area (Å²) < 4.78 is 0. The van der Waals surface area contributed by atoms with E-state index in [2.05, 4.69) is 47.0 Å². The van der Waals surface area contributed by atoms with Gasteiger partial charge in [-0.3, -0.25) is 4.79 Å². The van der Waals surface area contributed by atoms with E-state index in [1.54, 1.807) is 12.4 Å². The third-order valence-electron chi connectivity index (χ3n) is 3.98. The summed E-state index contributed by atoms with van der Waals surface area (Å²) in [6, 6.07) is 2.09. The fourth-order valence-corrected chi connectivity index (χ4v) is 2.79. The Labute approximate surface area is 137 Å². The van der Waals surface area contributed by atoms with Gasteiger partial charge in [0.25, 0.3) is 0 Å². The van der Waals surface area contributed by atoms with Crippen molar-refractivity contribution in [2.24, 2.45) is 11.3 Å². The molecule has 0 spiro atoms. The first-order chi connectivity index (χ1) is 10.9. The molecule has 1 aliphatic heterocycles. The molecule has 2 heterocycles. The van der Waals surface area contributed by atoms with Gasteiger partial charge in [0.1, 0.15) is 6.07 Å². The molecule has 1 saturated heterocycles. The van der Waals surface area contributed by atoms with Crippen LogP contribution in [-0.4, -0.2) is 35.5 Å². The van der Waals surface area contributed by atoms with E-state index in [1.807, 2.05) is 0 Å². The largest absolute Gasteiger partial charge is 0.356 e. The lowest BCUT2D eigenvalue weighted by atomic mass is 9.91. The number of carbonyl (C=O) groups excluding carboxylic acids is 1. The van der Waals surface area contributed by atoms with Crippen LogP contribution in [-0.2, 0) is 4.79 Å². The molecule has 1 aromatic rings. The fourth-order valence-electron chi connectivity index (χ4n) is 2.79. The van der Waals surface area contributed by atoms with Gasteiger partial charge in [0.05, 0.1) is 0 Å². The van der Waals surface area contributed by atoms with E-state index in [-0.39, 0.29) is 11.3 Å². The quantitative estimate of drug-likeness (QED) is 0.920. The Balaban J connectivity index is 1.80. The zero-order valence-corrected chi connectivity index (χ0v) is 14.2. The molecule has 0 saturated carbocycles. The van der Waals surface area contributed by atoms with Gasteiger partial charge in [0, 0.05) is 38.4 Å². The van der Waals surface area contributed by atoms with E-state index in [9.17, 15) is 4.79 Å². The van der Waals surface area contributed by atoms with E-state index in [0.29, 0.717) is 23.9 Å². The number of hydrogen-bond donors (Lipinski definition) is 1. The maximum absolute atomic E-state index is 11.9. The highest BCUT2D eigenvalue weighted by atomic mass is 16.1. The first-order valence-corrected chi connectivity index (χ1v) is 8.12. The third-order valence-corrected chi connectivity index (χ3v) is 3.98. The number of nitrogens with zero attached hydrogens (tertiary/aromatic N) is 4. The Bertz CT molecular complexity index is 579. The zero-order chi connectivity index (χ0) is 16.9. The first-order valence-electron chi connectivity index (χ1n) is 8.12. The summed E-state index contributed by atoms with van der Waals surface area (Å²) in [6.07, 6.45) is 5.68. The van der Waals surface area contributed by atoms with Crippen LogP contribution < -0.4 is 10.2 Å². The molecular formula is C17H25N5O. The van der Waals surface area contributed by atoms with Gasteiger partial charge in [0.15, 0.2) is 11.5 Å². The maximum Gasteiger partial charge on any atom is 0.220 e. The van der Waals surface area contributed by atoms with Crippen molar-refractivity contribution >= 4 is 11.7 Å². The second-order valence-electron chi connectivity index (χ2n) is 7.31. The number of carbonyl (C=O) groups is 1. The van der Waals surface area contributed by atoms with Crippen molar-refractivity contribution in [1.29, 1.82) is 5.26 Å². The van der Waals surface area contributed by atoms with Crippen LogP contribution in [0.25, 0.3) is 0 Å². The Hall–Kier alpha value is -2.16. The zero-order valence-electron chi connectivity index (χ0n) is 14.2. The minimum atomic E-state index is 0.0210. The third kappa shape index (κ3) is 5.20. The Morgan fingerprint density at radius 2 is 2.00 bits per heavy atom. The minimum absolute atomic E-state index is 0.0210. The first kappa shape index (κ1) is 17.2. The normalized spacial score (nSPS) is 16.0. The molecule has 0 radical (unpaired) electrons. The number of anilines is 1. The van der Waals surface area contributed by atoms with Gasteiger partial charge in [-0.15, -0.1) is 0 Å². The van der Waals surface area contributed by atoms with E-state index in [0.717, 1.165) is 32.5 Å². The molecule has 1 amide bonds. The second-order valence-corrected chi connectivity index (χ2v) is 7.31. The Kier molecular flexibility index (Phi) is 5.54. The Morgan fingerprint density at radius 3 is 2.61 bits per heavy atom. The van der Waals surface area contributed by atoms with Crippen molar-refractivity contribution in [3.8, 4) is 6.07 Å². The molecule has 124 valence electrons. The number of nitrogens with one attached hydrogen (secondary N) is 1. The average Bonchev–Trinajstić information content (AvgIpc) is 2.52. The number of nitriles is 1. The molecule has 0 atom stereocenters. The number of piperidine rings is 1. The number of aromatic nitrogens is 2. The van der Waals surface area contributed by atoms with Gasteiger partial charge < -0.3 is 10.2 Å². The SMILES string of the molecule is CC(C)(C)CC(=O)NCC1CCN(c2nccnc2C#N)CC1. The molecule has 1 fully saturated rings. The number of rotatable bonds is 4. The van der Waals surface area contributed by atoms with Gasteiger partial charge >= 0.3 is 0 Å². The van der Waals surface area contributed by atoms with Crippen molar-refractivity contribution in [2.75, 3.05) is 24.5 Å². The van der Waals surface area contributed by atoms with E-state index in [1.165, 1.54) is 0 Å². The molecule has 0 bridgehead atoms. The van der Waals surface area contributed by atoms with Crippen LogP contribution in [0, 0.1) is 22.7 Å². The molecule has 23 heavy (non-hydrogen) atoms. The predicted octanol–water partition coefficient (Wildman–Crippen LogP) is 2.12. The molecule has 1 aromatic heterocycles. The van der Waals surface area contributed by atoms with Crippen LogP contribution in [0.5, 0.6) is 0 Å². The molecule has 2 rings (SSSR count). The molecule has 0 unspecified atom stereocenters. The van der Waals surface area contributed by atoms with Crippen molar-refractivity contribution in [2.45, 2.75) is 40.0 Å². The molecule has 0 aromatic carbocycles. The maximum atomic E-state index is 11.9. The van der Waals surface area contributed by atoms with Crippen LogP contribution in [0.2, 0.25) is 0 Å². The monoisotopic (exact) mass is 315 g/mol. The van der Waals surface area contributed by atoms with Crippen molar-refractivity contribution in [3.63, 3.8) is 0 Å². The summed E-state index contributed by atoms with van der Waals surface area (Å²) in [5.41, 5.74) is 0.400. The summed E-state index contributed by atoms with van der Waals surface area (Å²) in [5, 5.41) is 12.2. The summed E-state index contributed by atoms with van der Waals surface area (Å²) >= 11 is 0. The van der Waals surface area contributed by atoms with Gasteiger partial charge in [-0.1, -0.05) is 20.8 Å². The van der Waals surface area contributed by atoms with Crippen molar-refractivity contribution in [1.82, 2.24) is 15.3 Å². The van der Waals surface area contributed by atoms with Crippen LogP contribution in [0.15, 0.2) is 12.4 Å². The molecule has 1 N–H and O–H groups in total. The fraction of sp³-hybridized carbons (Fsp3) is 0.647. The van der Waals surface area contributed by atoms with Crippen LogP contribution >= 0.6 is 0 Å². The van der Waals surface area contributed by atoms with Gasteiger partial charge in [0.2, 0.25) is 5.91 Å². The Morgan fingerprint density at radius 1 is 1.35 bits per heavy atom. The van der Waals surface area contributed by atoms with Crippen LogP contribution in [0.1, 0.15) is 45.7 Å². The van der Waals surface area contributed by atoms with Gasteiger partial charge in [-0.05, 0) is 24.2 Å². The number of amides is 1. The average molecular weight is 315 g/mol. The molecule has 6 heteroatoms. The number of hydrogen-bond acceptors (Lipinski definition) is 5. The van der Waals surface area contributed by atoms with Crippen molar-refractivity contribution < 1.29 is 4.79 Å². The summed E-state index contributed by atoms with van der Waals surface area (Å²) in [6.45, 7) is 8.62. The van der Waals surface area contributed by atoms with E-state index in [4.69, 9.17) is 5.26 Å². The molecule has 1 aliphatic rings. The summed E-state index contributed by atoms with van der Waals surface area (Å²) in [5.74, 6) is 1.28. The molecular weight excluding hydrogens is 290 g/mol. The highest BCUT2D eigenvalue weighted by molar-refractivity contribution is 5.76. The molecule has 6 nitrogen and oxygen atoms in total. The second kappa shape index (κ2) is 7.40. The van der Waals surface area contributed by atoms with Gasteiger partial charge in [-0.2, -0.15) is 5.26 Å². The smallest absolute Gasteiger partial charge is 0.220 e. The van der Waals surface area contributed by atoms with Crippen LogP contribution in [0.3, 0.4) is 0 Å². The predicted molar refractivity (Wildman–Crippen MR) is 88.8 cm³/mol. The standard InChI is InChI=1S/C17H25N5O/c1-17(2,3)10-15(23)21-12-13-4-8-22(9-5-13)16-14(11-18)19-6-7-20-16/h6-7,13H,4-5,8-10,12H2,1-3H3,(H,21,23). The van der Waals surface area contributed by atoms with Crippen molar-refractivity contribution in [3.05, 3.63) is 18.1 Å². The summed E-state index contributed by atoms with van der Waals surface area (Å²) in [4.78, 5) is 22.4. The molecule has 0 aliphatic carbocycles. The topological polar surface area (TPSA) is 81.9 Å². The van der Waals surface area contributed by atoms with E-state index < -0.39 is 0 Å². The highest BCUT2D eigenvalue weighted by Gasteiger charge is 2.23. The minimum Gasteiger partial charge on any atom is -0.356 e. The van der Waals surface area contributed by atoms with Gasteiger partial charge in [-0.25, -0.2) is 9.97 Å². The van der Waals surface area contributed by atoms with E-state index >= 15 is 0 Å². The van der Waals surface area contributed by atoms with Crippen LogP contribution in [0.4, 0.5) is 5.82 Å². The summed E-state index contributed by atoms with van der Waals surface area (Å²) in [7, 11) is 0. The lowest BCUT2D eigenvalue weighted by molar-refractivity contribution is -0.123. The lowest BCUT2D eigenvalue weighted by Gasteiger charge is -2.33. The lowest BCUT2D eigenvalue weighted by Crippen LogP contribution is -2.39. The highest BCUT2D eigenvalue weighted by Crippen LogP contribution is 2.23.